The van der Waals surface area contributed by atoms with Crippen molar-refractivity contribution in [1.29, 1.82) is 0 Å². The van der Waals surface area contributed by atoms with E-state index in [4.69, 9.17) is 4.74 Å². The van der Waals surface area contributed by atoms with Gasteiger partial charge in [-0.2, -0.15) is 0 Å². The number of rotatable bonds is 7. The van der Waals surface area contributed by atoms with Crippen molar-refractivity contribution in [2.45, 2.75) is 58.8 Å². The summed E-state index contributed by atoms with van der Waals surface area (Å²) in [7, 11) is 1.87. The number of hydrogen-bond acceptors (Lipinski definition) is 3. The molecule has 2 N–H and O–H groups in total. The van der Waals surface area contributed by atoms with Gasteiger partial charge in [0, 0.05) is 12.1 Å². The Morgan fingerprint density at radius 1 is 1.38 bits per heavy atom. The molecule has 0 bridgehead atoms. The topological polar surface area (TPSA) is 50.4 Å². The molecule has 0 aromatic carbocycles. The molecule has 0 saturated heterocycles. The Morgan fingerprint density at radius 2 is 1.94 bits per heavy atom. The summed E-state index contributed by atoms with van der Waals surface area (Å²) < 4.78 is 5.57. The molecule has 0 heterocycles. The first-order chi connectivity index (χ1) is 7.32. The van der Waals surface area contributed by atoms with Gasteiger partial charge in [0.15, 0.2) is 0 Å². The van der Waals surface area contributed by atoms with Crippen LogP contribution in [0.1, 0.15) is 41.0 Å². The van der Waals surface area contributed by atoms with Crippen LogP contribution in [0.2, 0.25) is 0 Å². The smallest absolute Gasteiger partial charge is 0.249 e. The van der Waals surface area contributed by atoms with E-state index in [1.165, 1.54) is 0 Å². The Morgan fingerprint density at radius 3 is 2.38 bits per heavy atom. The van der Waals surface area contributed by atoms with E-state index in [0.717, 1.165) is 13.0 Å². The summed E-state index contributed by atoms with van der Waals surface area (Å²) >= 11 is 0. The largest absolute Gasteiger partial charge is 0.364 e. The third-order valence-corrected chi connectivity index (χ3v) is 2.64. The van der Waals surface area contributed by atoms with Gasteiger partial charge in [-0.1, -0.05) is 6.92 Å². The Kier molecular flexibility index (Phi) is 6.60. The molecule has 4 heteroatoms. The standard InChI is InChI=1S/C12H26N2O2/c1-7-12(4,5)14-11(15)10(3)16-9(2)8-13-6/h9-10,13H,7-8H2,1-6H3,(H,14,15). The van der Waals surface area contributed by atoms with Crippen LogP contribution in [0, 0.1) is 0 Å². The number of nitrogens with one attached hydrogen (secondary N) is 2. The van der Waals surface area contributed by atoms with Crippen molar-refractivity contribution in [2.75, 3.05) is 13.6 Å². The predicted molar refractivity (Wildman–Crippen MR) is 66.4 cm³/mol. The summed E-state index contributed by atoms with van der Waals surface area (Å²) in [5, 5.41) is 5.98. The molecule has 96 valence electrons. The third kappa shape index (κ3) is 6.08. The highest BCUT2D eigenvalue weighted by Gasteiger charge is 2.23. The van der Waals surface area contributed by atoms with Gasteiger partial charge in [-0.3, -0.25) is 4.79 Å². The van der Waals surface area contributed by atoms with E-state index in [-0.39, 0.29) is 17.6 Å². The van der Waals surface area contributed by atoms with E-state index in [9.17, 15) is 4.79 Å². The maximum Gasteiger partial charge on any atom is 0.249 e. The zero-order valence-electron chi connectivity index (χ0n) is 11.4. The molecule has 0 spiro atoms. The molecule has 16 heavy (non-hydrogen) atoms. The van der Waals surface area contributed by atoms with Crippen molar-refractivity contribution in [3.63, 3.8) is 0 Å². The summed E-state index contributed by atoms with van der Waals surface area (Å²) in [5.74, 6) is -0.0465. The molecule has 0 radical (unpaired) electrons. The lowest BCUT2D eigenvalue weighted by Gasteiger charge is -2.27. The van der Waals surface area contributed by atoms with Crippen LogP contribution in [0.4, 0.5) is 0 Å². The zero-order valence-corrected chi connectivity index (χ0v) is 11.4. The summed E-state index contributed by atoms with van der Waals surface area (Å²) in [4.78, 5) is 11.8. The summed E-state index contributed by atoms with van der Waals surface area (Å²) in [6.07, 6.45) is 0.530. The Labute approximate surface area is 99.1 Å². The van der Waals surface area contributed by atoms with Crippen LogP contribution in [0.15, 0.2) is 0 Å². The van der Waals surface area contributed by atoms with Crippen molar-refractivity contribution in [3.05, 3.63) is 0 Å². The summed E-state index contributed by atoms with van der Waals surface area (Å²) in [6.45, 7) is 10.5. The predicted octanol–water partition coefficient (Wildman–Crippen LogP) is 1.30. The van der Waals surface area contributed by atoms with Crippen LogP contribution in [0.5, 0.6) is 0 Å². The molecule has 0 aliphatic heterocycles. The highest BCUT2D eigenvalue weighted by molar-refractivity contribution is 5.81. The number of amides is 1. The molecule has 0 aliphatic rings. The van der Waals surface area contributed by atoms with Crippen molar-refractivity contribution in [3.8, 4) is 0 Å². The third-order valence-electron chi connectivity index (χ3n) is 2.64. The molecule has 1 amide bonds. The number of carbonyl (C=O) groups excluding carboxylic acids is 1. The molecule has 2 atom stereocenters. The second kappa shape index (κ2) is 6.86. The SMILES string of the molecule is CCC(C)(C)NC(=O)C(C)OC(C)CNC. The normalized spacial score (nSPS) is 15.6. The molecule has 0 aliphatic carbocycles. The Hall–Kier alpha value is -0.610. The number of likely N-dealkylation sites (N-methyl/N-ethyl adjacent to an activating group) is 1. The molecule has 4 nitrogen and oxygen atoms in total. The van der Waals surface area contributed by atoms with Gasteiger partial charge >= 0.3 is 0 Å². The Bertz CT molecular complexity index is 217. The van der Waals surface area contributed by atoms with Crippen molar-refractivity contribution < 1.29 is 9.53 Å². The van der Waals surface area contributed by atoms with Crippen LogP contribution in [0.25, 0.3) is 0 Å². The minimum atomic E-state index is -0.408. The fourth-order valence-corrected chi connectivity index (χ4v) is 1.27. The van der Waals surface area contributed by atoms with E-state index >= 15 is 0 Å². The van der Waals surface area contributed by atoms with Gasteiger partial charge in [0.2, 0.25) is 5.91 Å². The van der Waals surface area contributed by atoms with E-state index in [2.05, 4.69) is 17.6 Å². The van der Waals surface area contributed by atoms with E-state index in [1.807, 2.05) is 27.8 Å². The average molecular weight is 230 g/mol. The summed E-state index contributed by atoms with van der Waals surface area (Å²) in [5.41, 5.74) is -0.166. The van der Waals surface area contributed by atoms with Gasteiger partial charge in [-0.05, 0) is 41.2 Å². The quantitative estimate of drug-likeness (QED) is 0.693. The van der Waals surface area contributed by atoms with Crippen molar-refractivity contribution in [1.82, 2.24) is 10.6 Å². The minimum absolute atomic E-state index is 0.0375. The van der Waals surface area contributed by atoms with Gasteiger partial charge in [-0.25, -0.2) is 0 Å². The number of ether oxygens (including phenoxy) is 1. The lowest BCUT2D eigenvalue weighted by molar-refractivity contribution is -0.136. The molecular formula is C12H26N2O2. The van der Waals surface area contributed by atoms with Crippen molar-refractivity contribution in [2.24, 2.45) is 0 Å². The zero-order chi connectivity index (χ0) is 12.8. The van der Waals surface area contributed by atoms with Crippen LogP contribution in [0.3, 0.4) is 0 Å². The first-order valence-corrected chi connectivity index (χ1v) is 5.94. The fraction of sp³-hybridized carbons (Fsp3) is 0.917. The monoisotopic (exact) mass is 230 g/mol. The van der Waals surface area contributed by atoms with Crippen LogP contribution in [-0.4, -0.2) is 37.2 Å². The van der Waals surface area contributed by atoms with Crippen LogP contribution < -0.4 is 10.6 Å². The average Bonchev–Trinajstić information content (AvgIpc) is 2.17. The fourth-order valence-electron chi connectivity index (χ4n) is 1.27. The Balaban J connectivity index is 4.09. The maximum absolute atomic E-state index is 11.8. The molecule has 0 rings (SSSR count). The van der Waals surface area contributed by atoms with E-state index in [1.54, 1.807) is 6.92 Å². The minimum Gasteiger partial charge on any atom is -0.364 e. The summed E-state index contributed by atoms with van der Waals surface area (Å²) in [6, 6.07) is 0. The van der Waals surface area contributed by atoms with Gasteiger partial charge in [-0.15, -0.1) is 0 Å². The molecule has 0 aromatic heterocycles. The molecule has 0 aromatic rings. The lowest BCUT2D eigenvalue weighted by atomic mass is 10.0. The first kappa shape index (κ1) is 15.4. The molecular weight excluding hydrogens is 204 g/mol. The van der Waals surface area contributed by atoms with Gasteiger partial charge in [0.1, 0.15) is 6.10 Å². The second-order valence-corrected chi connectivity index (χ2v) is 4.87. The van der Waals surface area contributed by atoms with Gasteiger partial charge in [0.25, 0.3) is 0 Å². The molecule has 0 fully saturated rings. The lowest BCUT2D eigenvalue weighted by Crippen LogP contribution is -2.48. The van der Waals surface area contributed by atoms with Crippen LogP contribution >= 0.6 is 0 Å². The van der Waals surface area contributed by atoms with Crippen molar-refractivity contribution >= 4 is 5.91 Å². The number of carbonyl (C=O) groups is 1. The maximum atomic E-state index is 11.8. The highest BCUT2D eigenvalue weighted by atomic mass is 16.5. The highest BCUT2D eigenvalue weighted by Crippen LogP contribution is 2.08. The first-order valence-electron chi connectivity index (χ1n) is 5.94. The molecule has 2 unspecified atom stereocenters. The van der Waals surface area contributed by atoms with Crippen LogP contribution in [-0.2, 0) is 9.53 Å². The van der Waals surface area contributed by atoms with Gasteiger partial charge in [0.05, 0.1) is 6.10 Å². The molecule has 0 saturated carbocycles. The van der Waals surface area contributed by atoms with Gasteiger partial charge < -0.3 is 15.4 Å². The van der Waals surface area contributed by atoms with E-state index in [0.29, 0.717) is 0 Å². The van der Waals surface area contributed by atoms with E-state index < -0.39 is 6.10 Å². The second-order valence-electron chi connectivity index (χ2n) is 4.87. The number of hydrogen-bond donors (Lipinski definition) is 2.